The maximum atomic E-state index is 14.0. The molecule has 0 atom stereocenters. The number of benzene rings is 1. The molecular formula is C22H16F3N3O2. The molecule has 0 aliphatic heterocycles. The molecule has 152 valence electrons. The van der Waals surface area contributed by atoms with Crippen LogP contribution in [-0.4, -0.2) is 9.97 Å². The summed E-state index contributed by atoms with van der Waals surface area (Å²) in [5, 5.41) is 0.191. The third kappa shape index (κ3) is 4.03. The van der Waals surface area contributed by atoms with E-state index in [0.29, 0.717) is 11.4 Å². The molecule has 0 unspecified atom stereocenters. The highest BCUT2D eigenvalue weighted by atomic mass is 19.4. The molecule has 0 bridgehead atoms. The molecule has 8 heteroatoms. The van der Waals surface area contributed by atoms with Crippen LogP contribution in [0.3, 0.4) is 0 Å². The molecule has 0 radical (unpaired) electrons. The van der Waals surface area contributed by atoms with Gasteiger partial charge >= 0.3 is 11.8 Å². The molecule has 0 amide bonds. The van der Waals surface area contributed by atoms with E-state index in [9.17, 15) is 18.0 Å². The average Bonchev–Trinajstić information content (AvgIpc) is 2.73. The van der Waals surface area contributed by atoms with Gasteiger partial charge in [0.1, 0.15) is 5.58 Å². The van der Waals surface area contributed by atoms with E-state index < -0.39 is 17.4 Å². The third-order valence-corrected chi connectivity index (χ3v) is 4.54. The number of alkyl halides is 3. The van der Waals surface area contributed by atoms with Crippen LogP contribution in [0.5, 0.6) is 0 Å². The summed E-state index contributed by atoms with van der Waals surface area (Å²) in [5.74, 6) is 0. The monoisotopic (exact) mass is 411 g/mol. The van der Waals surface area contributed by atoms with Crippen molar-refractivity contribution in [1.29, 1.82) is 0 Å². The summed E-state index contributed by atoms with van der Waals surface area (Å²) in [6.07, 6.45) is -1.76. The zero-order valence-corrected chi connectivity index (χ0v) is 15.6. The van der Waals surface area contributed by atoms with E-state index in [1.165, 1.54) is 17.0 Å². The molecule has 30 heavy (non-hydrogen) atoms. The minimum Gasteiger partial charge on any atom is -0.422 e. The number of aromatic nitrogens is 2. The number of nitrogens with zero attached hydrogens (tertiary/aromatic N) is 3. The molecule has 1 aromatic carbocycles. The van der Waals surface area contributed by atoms with Crippen molar-refractivity contribution in [3.8, 4) is 0 Å². The van der Waals surface area contributed by atoms with Crippen LogP contribution in [0.25, 0.3) is 11.0 Å². The van der Waals surface area contributed by atoms with E-state index in [0.717, 1.165) is 0 Å². The molecule has 0 spiro atoms. The summed E-state index contributed by atoms with van der Waals surface area (Å²) < 4.78 is 46.8. The quantitative estimate of drug-likeness (QED) is 0.441. The van der Waals surface area contributed by atoms with Crippen LogP contribution in [-0.2, 0) is 19.3 Å². The van der Waals surface area contributed by atoms with E-state index in [-0.39, 0.29) is 29.7 Å². The number of fused-ring (bicyclic) bond motifs is 1. The lowest BCUT2D eigenvalue weighted by molar-refractivity contribution is -0.139. The summed E-state index contributed by atoms with van der Waals surface area (Å²) in [6, 6.07) is 16.6. The van der Waals surface area contributed by atoms with E-state index in [4.69, 9.17) is 4.42 Å². The van der Waals surface area contributed by atoms with Crippen LogP contribution in [0.15, 0.2) is 82.3 Å². The molecule has 0 saturated heterocycles. The van der Waals surface area contributed by atoms with Crippen LogP contribution < -0.4 is 10.5 Å². The number of rotatable bonds is 5. The van der Waals surface area contributed by atoms with E-state index in [1.54, 1.807) is 60.9 Å². The molecule has 0 fully saturated rings. The van der Waals surface area contributed by atoms with Gasteiger partial charge in [-0.25, -0.2) is 4.79 Å². The van der Waals surface area contributed by atoms with Crippen molar-refractivity contribution in [1.82, 2.24) is 9.97 Å². The van der Waals surface area contributed by atoms with E-state index >= 15 is 0 Å². The second kappa shape index (κ2) is 7.98. The van der Waals surface area contributed by atoms with Gasteiger partial charge in [0, 0.05) is 17.8 Å². The van der Waals surface area contributed by atoms with Gasteiger partial charge in [0.25, 0.3) is 0 Å². The highest BCUT2D eigenvalue weighted by Gasteiger charge is 2.40. The molecule has 3 heterocycles. The lowest BCUT2D eigenvalue weighted by Crippen LogP contribution is -2.30. The maximum Gasteiger partial charge on any atom is 0.425 e. The Balaban J connectivity index is 1.96. The second-order valence-electron chi connectivity index (χ2n) is 6.61. The predicted molar refractivity (Wildman–Crippen MR) is 106 cm³/mol. The molecule has 4 aromatic rings. The Labute approximate surface area is 169 Å². The highest BCUT2D eigenvalue weighted by Crippen LogP contribution is 2.39. The Morgan fingerprint density at radius 3 is 1.93 bits per heavy atom. The summed E-state index contributed by atoms with van der Waals surface area (Å²) >= 11 is 0. The summed E-state index contributed by atoms with van der Waals surface area (Å²) in [7, 11) is 0. The van der Waals surface area contributed by atoms with Gasteiger partial charge in [-0.05, 0) is 36.4 Å². The van der Waals surface area contributed by atoms with Crippen molar-refractivity contribution < 1.29 is 17.6 Å². The largest absolute Gasteiger partial charge is 0.425 e. The normalized spacial score (nSPS) is 11.6. The van der Waals surface area contributed by atoms with Crippen molar-refractivity contribution in [3.63, 3.8) is 0 Å². The second-order valence-corrected chi connectivity index (χ2v) is 6.61. The van der Waals surface area contributed by atoms with Crippen LogP contribution in [0.4, 0.5) is 18.9 Å². The number of pyridine rings is 2. The fourth-order valence-corrected chi connectivity index (χ4v) is 3.30. The first-order valence-corrected chi connectivity index (χ1v) is 9.11. The zero-order chi connectivity index (χ0) is 21.1. The molecule has 5 nitrogen and oxygen atoms in total. The number of hydrogen-bond donors (Lipinski definition) is 0. The third-order valence-electron chi connectivity index (χ3n) is 4.54. The average molecular weight is 411 g/mol. The smallest absolute Gasteiger partial charge is 0.422 e. The molecular weight excluding hydrogens is 395 g/mol. The lowest BCUT2D eigenvalue weighted by Gasteiger charge is -2.28. The molecule has 4 rings (SSSR count). The first kappa shape index (κ1) is 19.6. The Kier molecular flexibility index (Phi) is 5.22. The Hall–Kier alpha value is -3.68. The number of para-hydroxylation sites is 1. The number of halogens is 3. The van der Waals surface area contributed by atoms with Crippen molar-refractivity contribution >= 4 is 16.7 Å². The fourth-order valence-electron chi connectivity index (χ4n) is 3.30. The minimum atomic E-state index is -4.90. The Morgan fingerprint density at radius 2 is 1.40 bits per heavy atom. The van der Waals surface area contributed by atoms with Crippen LogP contribution in [0.2, 0.25) is 0 Å². The maximum absolute atomic E-state index is 14.0. The van der Waals surface area contributed by atoms with Gasteiger partial charge in [-0.1, -0.05) is 24.3 Å². The van der Waals surface area contributed by atoms with Gasteiger partial charge in [-0.15, -0.1) is 0 Å². The van der Waals surface area contributed by atoms with Gasteiger partial charge in [-0.2, -0.15) is 13.2 Å². The summed E-state index contributed by atoms with van der Waals surface area (Å²) in [4.78, 5) is 22.3. The van der Waals surface area contributed by atoms with Gasteiger partial charge in [0.05, 0.1) is 30.2 Å². The molecule has 3 aromatic heterocycles. The van der Waals surface area contributed by atoms with Crippen molar-refractivity contribution in [3.05, 3.63) is 100 Å². The first-order valence-electron chi connectivity index (χ1n) is 9.11. The summed E-state index contributed by atoms with van der Waals surface area (Å²) in [6.45, 7) is 0.0991. The van der Waals surface area contributed by atoms with Gasteiger partial charge < -0.3 is 9.32 Å². The highest BCUT2D eigenvalue weighted by molar-refractivity contribution is 5.92. The van der Waals surface area contributed by atoms with E-state index in [2.05, 4.69) is 9.97 Å². The standard InChI is InChI=1S/C22H16F3N3O2/c23-22(24,25)19-20(17-9-1-2-10-18(17)30-21(19)29)28(13-15-7-3-5-11-26-15)14-16-8-4-6-12-27-16/h1-12H,13-14H2. The number of hydrogen-bond acceptors (Lipinski definition) is 5. The SMILES string of the molecule is O=c1oc2ccccc2c(N(Cc2ccccn2)Cc2ccccn2)c1C(F)(F)F. The molecule has 0 N–H and O–H groups in total. The van der Waals surface area contributed by atoms with Gasteiger partial charge in [0.2, 0.25) is 0 Å². The lowest BCUT2D eigenvalue weighted by atomic mass is 10.1. The molecule has 0 saturated carbocycles. The summed E-state index contributed by atoms with van der Waals surface area (Å²) in [5.41, 5.74) is -1.82. The molecule has 0 aliphatic carbocycles. The number of anilines is 1. The zero-order valence-electron chi connectivity index (χ0n) is 15.6. The Bertz CT molecular complexity index is 1170. The van der Waals surface area contributed by atoms with Crippen LogP contribution >= 0.6 is 0 Å². The van der Waals surface area contributed by atoms with Crippen molar-refractivity contribution in [2.75, 3.05) is 4.90 Å². The fraction of sp³-hybridized carbons (Fsp3) is 0.136. The minimum absolute atomic E-state index is 0.0495. The topological polar surface area (TPSA) is 59.2 Å². The molecule has 0 aliphatic rings. The van der Waals surface area contributed by atoms with Crippen LogP contribution in [0.1, 0.15) is 17.0 Å². The van der Waals surface area contributed by atoms with Gasteiger partial charge in [-0.3, -0.25) is 9.97 Å². The van der Waals surface area contributed by atoms with Gasteiger partial charge in [0.15, 0.2) is 5.56 Å². The van der Waals surface area contributed by atoms with E-state index in [1.807, 2.05) is 0 Å². The predicted octanol–water partition coefficient (Wildman–Crippen LogP) is 4.81. The Morgan fingerprint density at radius 1 is 0.833 bits per heavy atom. The first-order chi connectivity index (χ1) is 14.4. The van der Waals surface area contributed by atoms with Crippen molar-refractivity contribution in [2.24, 2.45) is 0 Å². The van der Waals surface area contributed by atoms with Crippen LogP contribution in [0, 0.1) is 0 Å². The van der Waals surface area contributed by atoms with Crippen molar-refractivity contribution in [2.45, 2.75) is 19.3 Å².